The second kappa shape index (κ2) is 7.88. The van der Waals surface area contributed by atoms with Crippen molar-refractivity contribution < 1.29 is 9.53 Å². The van der Waals surface area contributed by atoms with Crippen LogP contribution < -0.4 is 5.32 Å². The van der Waals surface area contributed by atoms with E-state index in [0.717, 1.165) is 35.1 Å². The third-order valence-corrected chi connectivity index (χ3v) is 4.38. The lowest BCUT2D eigenvalue weighted by atomic mass is 10.0. The van der Waals surface area contributed by atoms with Gasteiger partial charge in [0.25, 0.3) is 0 Å². The van der Waals surface area contributed by atoms with Crippen LogP contribution in [0.5, 0.6) is 0 Å². The van der Waals surface area contributed by atoms with E-state index >= 15 is 0 Å². The number of carbonyl (C=O) groups excluding carboxylic acids is 1. The van der Waals surface area contributed by atoms with Gasteiger partial charge in [-0.25, -0.2) is 4.79 Å². The van der Waals surface area contributed by atoms with Crippen LogP contribution in [0.3, 0.4) is 0 Å². The molecule has 0 radical (unpaired) electrons. The van der Waals surface area contributed by atoms with Crippen LogP contribution in [0, 0.1) is 0 Å². The SMILES string of the molecule is CCCCNC=C1C=CC(c2cc3c(C(=O)OC)cccc3[nH]2)=CC1. The molecule has 1 aromatic heterocycles. The van der Waals surface area contributed by atoms with Gasteiger partial charge < -0.3 is 15.0 Å². The van der Waals surface area contributed by atoms with Crippen LogP contribution >= 0.6 is 0 Å². The Bertz CT molecular complexity index is 856. The van der Waals surface area contributed by atoms with E-state index in [2.05, 4.69) is 41.7 Å². The molecule has 130 valence electrons. The summed E-state index contributed by atoms with van der Waals surface area (Å²) in [6.45, 7) is 3.21. The smallest absolute Gasteiger partial charge is 0.338 e. The van der Waals surface area contributed by atoms with Gasteiger partial charge in [0.2, 0.25) is 0 Å². The molecule has 0 aliphatic heterocycles. The molecule has 0 atom stereocenters. The monoisotopic (exact) mass is 336 g/mol. The fourth-order valence-corrected chi connectivity index (χ4v) is 2.95. The van der Waals surface area contributed by atoms with E-state index in [9.17, 15) is 4.79 Å². The summed E-state index contributed by atoms with van der Waals surface area (Å²) in [6, 6.07) is 7.65. The topological polar surface area (TPSA) is 54.1 Å². The number of fused-ring (bicyclic) bond motifs is 1. The van der Waals surface area contributed by atoms with Gasteiger partial charge in [-0.2, -0.15) is 0 Å². The van der Waals surface area contributed by atoms with E-state index in [1.54, 1.807) is 6.07 Å². The zero-order chi connectivity index (χ0) is 17.6. The Labute approximate surface area is 148 Å². The molecule has 0 amide bonds. The molecule has 2 N–H and O–H groups in total. The summed E-state index contributed by atoms with van der Waals surface area (Å²) < 4.78 is 4.87. The number of benzene rings is 1. The van der Waals surface area contributed by atoms with Crippen molar-refractivity contribution in [1.82, 2.24) is 10.3 Å². The van der Waals surface area contributed by atoms with E-state index in [-0.39, 0.29) is 5.97 Å². The first kappa shape index (κ1) is 17.1. The number of methoxy groups -OCH3 is 1. The summed E-state index contributed by atoms with van der Waals surface area (Å²) in [4.78, 5) is 15.3. The minimum atomic E-state index is -0.312. The average molecular weight is 336 g/mol. The maximum Gasteiger partial charge on any atom is 0.338 e. The molecule has 25 heavy (non-hydrogen) atoms. The lowest BCUT2D eigenvalue weighted by molar-refractivity contribution is 0.0603. The Kier molecular flexibility index (Phi) is 5.39. The molecule has 3 rings (SSSR count). The normalized spacial score (nSPS) is 15.4. The Hall–Kier alpha value is -2.75. The number of nitrogens with one attached hydrogen (secondary N) is 2. The molecular weight excluding hydrogens is 312 g/mol. The third kappa shape index (κ3) is 3.85. The summed E-state index contributed by atoms with van der Waals surface area (Å²) in [5.41, 5.74) is 4.95. The minimum absolute atomic E-state index is 0.312. The molecule has 1 aliphatic carbocycles. The molecule has 4 heteroatoms. The number of H-pyrrole nitrogens is 1. The van der Waals surface area contributed by atoms with Crippen LogP contribution in [-0.2, 0) is 4.74 Å². The fourth-order valence-electron chi connectivity index (χ4n) is 2.95. The molecule has 2 aromatic rings. The van der Waals surface area contributed by atoms with Crippen molar-refractivity contribution in [3.05, 3.63) is 65.5 Å². The summed E-state index contributed by atoms with van der Waals surface area (Å²) in [5.74, 6) is -0.312. The van der Waals surface area contributed by atoms with Crippen LogP contribution in [0.2, 0.25) is 0 Å². The molecule has 4 nitrogen and oxygen atoms in total. The van der Waals surface area contributed by atoms with Crippen molar-refractivity contribution in [2.75, 3.05) is 13.7 Å². The number of rotatable bonds is 6. The quantitative estimate of drug-likeness (QED) is 0.600. The van der Waals surface area contributed by atoms with Gasteiger partial charge in [-0.05, 0) is 48.4 Å². The Morgan fingerprint density at radius 2 is 2.24 bits per heavy atom. The number of hydrogen-bond acceptors (Lipinski definition) is 3. The van der Waals surface area contributed by atoms with Crippen molar-refractivity contribution >= 4 is 22.4 Å². The van der Waals surface area contributed by atoms with Crippen molar-refractivity contribution in [3.63, 3.8) is 0 Å². The number of ether oxygens (including phenoxy) is 1. The summed E-state index contributed by atoms with van der Waals surface area (Å²) in [6.07, 6.45) is 11.8. The highest BCUT2D eigenvalue weighted by Crippen LogP contribution is 2.28. The number of unbranched alkanes of at least 4 members (excludes halogenated alkanes) is 1. The van der Waals surface area contributed by atoms with Gasteiger partial charge >= 0.3 is 5.97 Å². The lowest BCUT2D eigenvalue weighted by Crippen LogP contribution is -2.07. The van der Waals surface area contributed by atoms with Gasteiger partial charge in [0.05, 0.1) is 12.7 Å². The van der Waals surface area contributed by atoms with Crippen LogP contribution in [0.1, 0.15) is 42.2 Å². The maximum absolute atomic E-state index is 11.9. The molecule has 0 unspecified atom stereocenters. The van der Waals surface area contributed by atoms with E-state index in [1.807, 2.05) is 18.2 Å². The second-order valence-electron chi connectivity index (χ2n) is 6.17. The largest absolute Gasteiger partial charge is 0.465 e. The first-order chi connectivity index (χ1) is 12.2. The summed E-state index contributed by atoms with van der Waals surface area (Å²) in [5, 5.41) is 4.25. The first-order valence-corrected chi connectivity index (χ1v) is 8.74. The minimum Gasteiger partial charge on any atom is -0.465 e. The molecule has 1 aliphatic rings. The average Bonchev–Trinajstić information content (AvgIpc) is 3.09. The van der Waals surface area contributed by atoms with Gasteiger partial charge in [0.15, 0.2) is 0 Å². The molecule has 0 fully saturated rings. The van der Waals surface area contributed by atoms with E-state index in [0.29, 0.717) is 5.56 Å². The van der Waals surface area contributed by atoms with Crippen LogP contribution in [0.4, 0.5) is 0 Å². The fraction of sp³-hybridized carbons (Fsp3) is 0.286. The maximum atomic E-state index is 11.9. The van der Waals surface area contributed by atoms with E-state index in [1.165, 1.54) is 25.5 Å². The standard InChI is InChI=1S/C21H24N2O2/c1-3-4-12-22-14-15-8-10-16(11-9-15)20-13-18-17(21(24)25-2)6-5-7-19(18)23-20/h5-8,10-11,13-14,22-23H,3-4,9,12H2,1-2H3. The molecular formula is C21H24N2O2. The van der Waals surface area contributed by atoms with Gasteiger partial charge in [-0.1, -0.05) is 37.6 Å². The van der Waals surface area contributed by atoms with Crippen LogP contribution in [-0.4, -0.2) is 24.6 Å². The zero-order valence-corrected chi connectivity index (χ0v) is 14.8. The predicted octanol–water partition coefficient (Wildman–Crippen LogP) is 4.57. The van der Waals surface area contributed by atoms with E-state index in [4.69, 9.17) is 4.74 Å². The Balaban J connectivity index is 1.78. The zero-order valence-electron chi connectivity index (χ0n) is 14.8. The van der Waals surface area contributed by atoms with Crippen LogP contribution in [0.15, 0.2) is 54.3 Å². The molecule has 0 bridgehead atoms. The molecule has 1 heterocycles. The van der Waals surface area contributed by atoms with Gasteiger partial charge in [0.1, 0.15) is 0 Å². The second-order valence-corrected chi connectivity index (χ2v) is 6.17. The molecule has 0 spiro atoms. The number of aromatic nitrogens is 1. The summed E-state index contributed by atoms with van der Waals surface area (Å²) in [7, 11) is 1.41. The number of allylic oxidation sites excluding steroid dienone is 5. The third-order valence-electron chi connectivity index (χ3n) is 4.38. The van der Waals surface area contributed by atoms with Gasteiger partial charge in [-0.3, -0.25) is 0 Å². The van der Waals surface area contributed by atoms with Gasteiger partial charge in [-0.15, -0.1) is 0 Å². The molecule has 0 saturated carbocycles. The highest BCUT2D eigenvalue weighted by molar-refractivity contribution is 6.05. The highest BCUT2D eigenvalue weighted by atomic mass is 16.5. The number of carbonyl (C=O) groups is 1. The van der Waals surface area contributed by atoms with Crippen molar-refractivity contribution in [1.29, 1.82) is 0 Å². The van der Waals surface area contributed by atoms with Gasteiger partial charge in [0, 0.05) is 23.1 Å². The Morgan fingerprint density at radius 1 is 1.36 bits per heavy atom. The number of hydrogen-bond donors (Lipinski definition) is 2. The summed E-state index contributed by atoms with van der Waals surface area (Å²) >= 11 is 0. The molecule has 1 aromatic carbocycles. The number of esters is 1. The number of aromatic amines is 1. The van der Waals surface area contributed by atoms with Crippen molar-refractivity contribution in [2.24, 2.45) is 0 Å². The predicted molar refractivity (Wildman–Crippen MR) is 102 cm³/mol. The van der Waals surface area contributed by atoms with E-state index < -0.39 is 0 Å². The lowest BCUT2D eigenvalue weighted by Gasteiger charge is -2.09. The molecule has 0 saturated heterocycles. The Morgan fingerprint density at radius 3 is 2.96 bits per heavy atom. The van der Waals surface area contributed by atoms with Crippen molar-refractivity contribution in [3.8, 4) is 0 Å². The van der Waals surface area contributed by atoms with Crippen molar-refractivity contribution in [2.45, 2.75) is 26.2 Å². The first-order valence-electron chi connectivity index (χ1n) is 8.74. The van der Waals surface area contributed by atoms with Crippen LogP contribution in [0.25, 0.3) is 16.5 Å². The highest BCUT2D eigenvalue weighted by Gasteiger charge is 2.14.